The summed E-state index contributed by atoms with van der Waals surface area (Å²) in [6.45, 7) is 6.45. The second-order valence-corrected chi connectivity index (χ2v) is 5.22. The van der Waals surface area contributed by atoms with Crippen molar-refractivity contribution in [2.75, 3.05) is 0 Å². The molecule has 0 unspecified atom stereocenters. The normalized spacial score (nSPS) is 56.2. The van der Waals surface area contributed by atoms with Crippen molar-refractivity contribution in [2.24, 2.45) is 16.7 Å². The van der Waals surface area contributed by atoms with Crippen molar-refractivity contribution < 1.29 is 10.2 Å². The summed E-state index contributed by atoms with van der Waals surface area (Å²) in [7, 11) is 0. The zero-order valence-electron chi connectivity index (χ0n) is 8.04. The molecule has 2 N–H and O–H groups in total. The van der Waals surface area contributed by atoms with E-state index < -0.39 is 12.2 Å². The van der Waals surface area contributed by atoms with Gasteiger partial charge in [-0.3, -0.25) is 0 Å². The van der Waals surface area contributed by atoms with E-state index in [9.17, 15) is 10.2 Å². The number of hydrogen-bond acceptors (Lipinski definition) is 2. The quantitative estimate of drug-likeness (QED) is 0.573. The first kappa shape index (κ1) is 8.52. The second kappa shape index (κ2) is 2.05. The molecule has 0 aromatic heterocycles. The molecular formula is C10H18O2. The average molecular weight is 170 g/mol. The van der Waals surface area contributed by atoms with E-state index in [1.807, 2.05) is 0 Å². The summed E-state index contributed by atoms with van der Waals surface area (Å²) < 4.78 is 0. The van der Waals surface area contributed by atoms with Gasteiger partial charge in [0.15, 0.2) is 0 Å². The van der Waals surface area contributed by atoms with Crippen molar-refractivity contribution in [2.45, 2.75) is 45.8 Å². The molecule has 2 heteroatoms. The minimum Gasteiger partial charge on any atom is -0.390 e. The van der Waals surface area contributed by atoms with E-state index in [-0.39, 0.29) is 10.8 Å². The van der Waals surface area contributed by atoms with E-state index in [1.54, 1.807) is 0 Å². The molecule has 0 saturated heterocycles. The third kappa shape index (κ3) is 0.647. The molecule has 2 nitrogen and oxygen atoms in total. The van der Waals surface area contributed by atoms with Gasteiger partial charge in [0.25, 0.3) is 0 Å². The average Bonchev–Trinajstić information content (AvgIpc) is 2.26. The third-order valence-corrected chi connectivity index (χ3v) is 4.76. The lowest BCUT2D eigenvalue weighted by molar-refractivity contribution is -0.0508. The Kier molecular flexibility index (Phi) is 1.45. The Morgan fingerprint density at radius 2 is 1.75 bits per heavy atom. The molecule has 2 aliphatic rings. The Balaban J connectivity index is 2.44. The Hall–Kier alpha value is -0.0800. The van der Waals surface area contributed by atoms with Crippen LogP contribution in [0.4, 0.5) is 0 Å². The van der Waals surface area contributed by atoms with Gasteiger partial charge in [-0.2, -0.15) is 0 Å². The maximum absolute atomic E-state index is 9.83. The Morgan fingerprint density at radius 3 is 2.00 bits per heavy atom. The van der Waals surface area contributed by atoms with Crippen LogP contribution < -0.4 is 0 Å². The highest BCUT2D eigenvalue weighted by atomic mass is 16.3. The molecule has 0 aromatic rings. The van der Waals surface area contributed by atoms with Crippen molar-refractivity contribution in [3.05, 3.63) is 0 Å². The first-order valence-electron chi connectivity index (χ1n) is 4.77. The topological polar surface area (TPSA) is 40.5 Å². The van der Waals surface area contributed by atoms with Crippen LogP contribution in [0.1, 0.15) is 33.6 Å². The monoisotopic (exact) mass is 170 g/mol. The highest BCUT2D eigenvalue weighted by Gasteiger charge is 2.65. The number of aliphatic hydroxyl groups excluding tert-OH is 2. The van der Waals surface area contributed by atoms with Gasteiger partial charge >= 0.3 is 0 Å². The van der Waals surface area contributed by atoms with Crippen LogP contribution in [-0.4, -0.2) is 22.4 Å². The predicted molar refractivity (Wildman–Crippen MR) is 46.6 cm³/mol. The van der Waals surface area contributed by atoms with Gasteiger partial charge < -0.3 is 10.2 Å². The van der Waals surface area contributed by atoms with Crippen LogP contribution in [0.5, 0.6) is 0 Å². The van der Waals surface area contributed by atoms with Gasteiger partial charge in [0.1, 0.15) is 0 Å². The number of rotatable bonds is 0. The van der Waals surface area contributed by atoms with Crippen LogP contribution in [0.2, 0.25) is 0 Å². The lowest BCUT2D eigenvalue weighted by Gasteiger charge is -2.36. The molecule has 2 bridgehead atoms. The fraction of sp³-hybridized carbons (Fsp3) is 1.00. The number of aliphatic hydroxyl groups is 2. The van der Waals surface area contributed by atoms with E-state index >= 15 is 0 Å². The third-order valence-electron chi connectivity index (χ3n) is 4.76. The van der Waals surface area contributed by atoms with E-state index in [2.05, 4.69) is 20.8 Å². The van der Waals surface area contributed by atoms with Crippen molar-refractivity contribution in [3.63, 3.8) is 0 Å². The highest BCUT2D eigenvalue weighted by Crippen LogP contribution is 2.65. The summed E-state index contributed by atoms with van der Waals surface area (Å²) in [5, 5.41) is 19.6. The summed E-state index contributed by atoms with van der Waals surface area (Å²) >= 11 is 0. The Labute approximate surface area is 73.6 Å². The molecule has 2 fully saturated rings. The summed E-state index contributed by atoms with van der Waals surface area (Å²) in [6, 6.07) is 0. The SMILES string of the molecule is CC1(C)[C@H]2CC[C@]1(C)[C@@H](O)[C@@H]2O. The van der Waals surface area contributed by atoms with Gasteiger partial charge in [-0.15, -0.1) is 0 Å². The molecule has 0 aromatic carbocycles. The summed E-state index contributed by atoms with van der Waals surface area (Å²) in [6.07, 6.45) is 1.13. The first-order chi connectivity index (χ1) is 5.41. The fourth-order valence-electron chi connectivity index (χ4n) is 3.29. The number of fused-ring (bicyclic) bond motifs is 2. The molecule has 2 aliphatic carbocycles. The standard InChI is InChI=1S/C10H18O2/c1-9(2)6-4-5-10(9,3)8(12)7(6)11/h6-8,11-12H,4-5H2,1-3H3/t6-,7+,8-,10+/m0/s1. The van der Waals surface area contributed by atoms with E-state index in [0.29, 0.717) is 5.92 Å². The minimum atomic E-state index is -0.508. The van der Waals surface area contributed by atoms with Crippen molar-refractivity contribution in [1.29, 1.82) is 0 Å². The molecule has 2 saturated carbocycles. The summed E-state index contributed by atoms with van der Waals surface area (Å²) in [5.41, 5.74) is 0.0446. The molecule has 0 heterocycles. The maximum atomic E-state index is 9.83. The van der Waals surface area contributed by atoms with E-state index in [4.69, 9.17) is 0 Å². The molecule has 0 radical (unpaired) electrons. The van der Waals surface area contributed by atoms with Gasteiger partial charge in [0.2, 0.25) is 0 Å². The van der Waals surface area contributed by atoms with Gasteiger partial charge in [0.05, 0.1) is 12.2 Å². The van der Waals surface area contributed by atoms with Crippen molar-refractivity contribution >= 4 is 0 Å². The lowest BCUT2D eigenvalue weighted by Crippen LogP contribution is -2.39. The van der Waals surface area contributed by atoms with Crippen molar-refractivity contribution in [1.82, 2.24) is 0 Å². The van der Waals surface area contributed by atoms with Crippen LogP contribution in [-0.2, 0) is 0 Å². The first-order valence-corrected chi connectivity index (χ1v) is 4.77. The molecule has 12 heavy (non-hydrogen) atoms. The zero-order chi connectivity index (χ0) is 9.15. The molecule has 4 atom stereocenters. The van der Waals surface area contributed by atoms with E-state index in [1.165, 1.54) is 0 Å². The summed E-state index contributed by atoms with van der Waals surface area (Å²) in [4.78, 5) is 0. The minimum absolute atomic E-state index is 0.0584. The smallest absolute Gasteiger partial charge is 0.0860 e. The molecule has 0 aliphatic heterocycles. The Morgan fingerprint density at radius 1 is 1.17 bits per heavy atom. The van der Waals surface area contributed by atoms with Crippen molar-refractivity contribution in [3.8, 4) is 0 Å². The van der Waals surface area contributed by atoms with E-state index in [0.717, 1.165) is 12.8 Å². The molecule has 0 amide bonds. The van der Waals surface area contributed by atoms with Crippen LogP contribution in [0, 0.1) is 16.7 Å². The van der Waals surface area contributed by atoms with Crippen LogP contribution in [0.15, 0.2) is 0 Å². The van der Waals surface area contributed by atoms with Crippen LogP contribution in [0.25, 0.3) is 0 Å². The molecule has 2 rings (SSSR count). The largest absolute Gasteiger partial charge is 0.390 e. The highest BCUT2D eigenvalue weighted by molar-refractivity contribution is 5.14. The fourth-order valence-corrected chi connectivity index (χ4v) is 3.29. The predicted octanol–water partition coefficient (Wildman–Crippen LogP) is 1.16. The van der Waals surface area contributed by atoms with Gasteiger partial charge in [-0.25, -0.2) is 0 Å². The molecular weight excluding hydrogens is 152 g/mol. The zero-order valence-corrected chi connectivity index (χ0v) is 8.04. The van der Waals surface area contributed by atoms with Crippen LogP contribution in [0.3, 0.4) is 0 Å². The maximum Gasteiger partial charge on any atom is 0.0860 e. The van der Waals surface area contributed by atoms with Gasteiger partial charge in [0, 0.05) is 5.41 Å². The Bertz CT molecular complexity index is 212. The molecule has 70 valence electrons. The van der Waals surface area contributed by atoms with Crippen LogP contribution >= 0.6 is 0 Å². The second-order valence-electron chi connectivity index (χ2n) is 5.22. The summed E-state index contributed by atoms with van der Waals surface area (Å²) in [5.74, 6) is 0.303. The molecule has 0 spiro atoms. The van der Waals surface area contributed by atoms with Gasteiger partial charge in [-0.1, -0.05) is 20.8 Å². The lowest BCUT2D eigenvalue weighted by atomic mass is 9.70. The van der Waals surface area contributed by atoms with Gasteiger partial charge in [-0.05, 0) is 24.2 Å². The number of hydrogen-bond donors (Lipinski definition) is 2.